The summed E-state index contributed by atoms with van der Waals surface area (Å²) in [5, 5.41) is 3.74. The van der Waals surface area contributed by atoms with E-state index in [2.05, 4.69) is 15.2 Å². The topological polar surface area (TPSA) is 41.1 Å². The summed E-state index contributed by atoms with van der Waals surface area (Å²) in [6, 6.07) is 8.73. The van der Waals surface area contributed by atoms with Gasteiger partial charge in [-0.15, -0.1) is 0 Å². The summed E-state index contributed by atoms with van der Waals surface area (Å²) in [4.78, 5) is 11.8. The van der Waals surface area contributed by atoms with Gasteiger partial charge in [-0.2, -0.15) is 0 Å². The lowest BCUT2D eigenvalue weighted by molar-refractivity contribution is 0.257. The molecule has 1 aliphatic carbocycles. The van der Waals surface area contributed by atoms with E-state index in [9.17, 15) is 0 Å². The third-order valence-corrected chi connectivity index (χ3v) is 5.18. The molecule has 2 aromatic rings. The van der Waals surface area contributed by atoms with E-state index in [4.69, 9.17) is 4.98 Å². The summed E-state index contributed by atoms with van der Waals surface area (Å²) in [6.45, 7) is 3.14. The quantitative estimate of drug-likeness (QED) is 0.925. The molecular formula is C18H24N4. The van der Waals surface area contributed by atoms with E-state index in [1.165, 1.54) is 32.1 Å². The smallest absolute Gasteiger partial charge is 0.147 e. The van der Waals surface area contributed by atoms with Crippen LogP contribution in [0.3, 0.4) is 0 Å². The van der Waals surface area contributed by atoms with Crippen molar-refractivity contribution in [3.8, 4) is 0 Å². The van der Waals surface area contributed by atoms with Crippen LogP contribution in [0.15, 0.2) is 30.5 Å². The number of hydrogen-bond donors (Lipinski definition) is 1. The fourth-order valence-electron chi connectivity index (χ4n) is 3.94. The first kappa shape index (κ1) is 13.9. The minimum Gasteiger partial charge on any atom is -0.352 e. The first-order valence-corrected chi connectivity index (χ1v) is 8.60. The second-order valence-electron chi connectivity index (χ2n) is 6.62. The predicted molar refractivity (Wildman–Crippen MR) is 90.1 cm³/mol. The monoisotopic (exact) mass is 296 g/mol. The van der Waals surface area contributed by atoms with Crippen LogP contribution in [0.5, 0.6) is 0 Å². The number of nitrogens with zero attached hydrogens (tertiary/aromatic N) is 3. The van der Waals surface area contributed by atoms with Crippen LogP contribution in [-0.4, -0.2) is 35.6 Å². The molecule has 2 heterocycles. The number of para-hydroxylation sites is 2. The standard InChI is InChI=1S/C18H24N4/c1-2-6-14(7-3-1)17-13-22(11-10-19-17)18-12-20-15-8-4-5-9-16(15)21-18/h4-5,8-9,12,14,17,19H,1-3,6-7,10-11,13H2/t17-/m1/s1. The van der Waals surface area contributed by atoms with Crippen molar-refractivity contribution in [1.29, 1.82) is 0 Å². The van der Waals surface area contributed by atoms with E-state index in [0.717, 1.165) is 42.4 Å². The van der Waals surface area contributed by atoms with Gasteiger partial charge < -0.3 is 10.2 Å². The van der Waals surface area contributed by atoms with Crippen molar-refractivity contribution in [1.82, 2.24) is 15.3 Å². The van der Waals surface area contributed by atoms with Gasteiger partial charge in [0, 0.05) is 25.7 Å². The van der Waals surface area contributed by atoms with Gasteiger partial charge in [0.25, 0.3) is 0 Å². The van der Waals surface area contributed by atoms with Crippen LogP contribution in [0.25, 0.3) is 11.0 Å². The third-order valence-electron chi connectivity index (χ3n) is 5.18. The molecule has 116 valence electrons. The Hall–Kier alpha value is -1.68. The summed E-state index contributed by atoms with van der Waals surface area (Å²) < 4.78 is 0. The molecule has 4 nitrogen and oxygen atoms in total. The minimum absolute atomic E-state index is 0.613. The Balaban J connectivity index is 1.52. The van der Waals surface area contributed by atoms with Crippen LogP contribution in [0.2, 0.25) is 0 Å². The van der Waals surface area contributed by atoms with Gasteiger partial charge in [0.15, 0.2) is 0 Å². The molecule has 0 unspecified atom stereocenters. The average molecular weight is 296 g/mol. The summed E-state index contributed by atoms with van der Waals surface area (Å²) in [5.41, 5.74) is 1.97. The Morgan fingerprint density at radius 2 is 1.86 bits per heavy atom. The summed E-state index contributed by atoms with van der Waals surface area (Å²) in [6.07, 6.45) is 8.93. The minimum atomic E-state index is 0.613. The van der Waals surface area contributed by atoms with Crippen molar-refractivity contribution >= 4 is 16.9 Å². The second kappa shape index (κ2) is 6.21. The number of anilines is 1. The van der Waals surface area contributed by atoms with Crippen molar-refractivity contribution in [2.75, 3.05) is 24.5 Å². The fourth-order valence-corrected chi connectivity index (χ4v) is 3.94. The van der Waals surface area contributed by atoms with E-state index in [1.807, 2.05) is 30.5 Å². The van der Waals surface area contributed by atoms with Crippen LogP contribution >= 0.6 is 0 Å². The first-order chi connectivity index (χ1) is 10.9. The number of fused-ring (bicyclic) bond motifs is 1. The Bertz CT molecular complexity index is 636. The number of piperazine rings is 1. The van der Waals surface area contributed by atoms with Crippen LogP contribution < -0.4 is 10.2 Å². The molecule has 0 spiro atoms. The molecule has 0 amide bonds. The molecule has 0 bridgehead atoms. The second-order valence-corrected chi connectivity index (χ2v) is 6.62. The summed E-state index contributed by atoms with van der Waals surface area (Å²) in [5.74, 6) is 1.87. The molecule has 1 N–H and O–H groups in total. The van der Waals surface area contributed by atoms with Gasteiger partial charge in [-0.05, 0) is 30.9 Å². The molecule has 1 aromatic heterocycles. The molecule has 1 saturated carbocycles. The highest BCUT2D eigenvalue weighted by atomic mass is 15.2. The predicted octanol–water partition coefficient (Wildman–Crippen LogP) is 2.99. The van der Waals surface area contributed by atoms with Crippen LogP contribution in [0.1, 0.15) is 32.1 Å². The molecule has 4 rings (SSSR count). The molecule has 1 aliphatic heterocycles. The van der Waals surface area contributed by atoms with Crippen molar-refractivity contribution < 1.29 is 0 Å². The highest BCUT2D eigenvalue weighted by molar-refractivity contribution is 5.75. The van der Waals surface area contributed by atoms with Gasteiger partial charge >= 0.3 is 0 Å². The van der Waals surface area contributed by atoms with E-state index in [1.54, 1.807) is 0 Å². The van der Waals surface area contributed by atoms with Crippen molar-refractivity contribution in [2.45, 2.75) is 38.1 Å². The lowest BCUT2D eigenvalue weighted by Gasteiger charge is -2.39. The summed E-state index contributed by atoms with van der Waals surface area (Å²) in [7, 11) is 0. The Kier molecular flexibility index (Phi) is 3.94. The lowest BCUT2D eigenvalue weighted by Crippen LogP contribution is -2.54. The highest BCUT2D eigenvalue weighted by Crippen LogP contribution is 2.28. The maximum atomic E-state index is 4.81. The van der Waals surface area contributed by atoms with Crippen LogP contribution in [-0.2, 0) is 0 Å². The van der Waals surface area contributed by atoms with E-state index < -0.39 is 0 Å². The third kappa shape index (κ3) is 2.80. The number of benzene rings is 1. The van der Waals surface area contributed by atoms with Crippen LogP contribution in [0, 0.1) is 5.92 Å². The van der Waals surface area contributed by atoms with E-state index in [0.29, 0.717) is 6.04 Å². The van der Waals surface area contributed by atoms with E-state index in [-0.39, 0.29) is 0 Å². The van der Waals surface area contributed by atoms with Crippen LogP contribution in [0.4, 0.5) is 5.82 Å². The van der Waals surface area contributed by atoms with Gasteiger partial charge in [-0.1, -0.05) is 31.4 Å². The molecule has 2 fully saturated rings. The maximum Gasteiger partial charge on any atom is 0.147 e. The van der Waals surface area contributed by atoms with E-state index >= 15 is 0 Å². The summed E-state index contributed by atoms with van der Waals surface area (Å²) >= 11 is 0. The number of rotatable bonds is 2. The molecule has 1 saturated heterocycles. The van der Waals surface area contributed by atoms with Crippen molar-refractivity contribution in [3.63, 3.8) is 0 Å². The number of nitrogens with one attached hydrogen (secondary N) is 1. The molecular weight excluding hydrogens is 272 g/mol. The normalized spacial score (nSPS) is 23.8. The molecule has 4 heteroatoms. The molecule has 1 atom stereocenters. The van der Waals surface area contributed by atoms with Gasteiger partial charge in [0.2, 0.25) is 0 Å². The average Bonchev–Trinajstić information content (AvgIpc) is 2.62. The Labute approximate surface area is 131 Å². The largest absolute Gasteiger partial charge is 0.352 e. The number of aromatic nitrogens is 2. The molecule has 22 heavy (non-hydrogen) atoms. The Morgan fingerprint density at radius 1 is 1.05 bits per heavy atom. The van der Waals surface area contributed by atoms with Crippen molar-refractivity contribution in [3.05, 3.63) is 30.5 Å². The molecule has 0 radical (unpaired) electrons. The maximum absolute atomic E-state index is 4.81. The zero-order valence-corrected chi connectivity index (χ0v) is 13.0. The first-order valence-electron chi connectivity index (χ1n) is 8.60. The van der Waals surface area contributed by atoms with Gasteiger partial charge in [-0.3, -0.25) is 4.98 Å². The fraction of sp³-hybridized carbons (Fsp3) is 0.556. The van der Waals surface area contributed by atoms with Crippen molar-refractivity contribution in [2.24, 2.45) is 5.92 Å². The zero-order chi connectivity index (χ0) is 14.8. The highest BCUT2D eigenvalue weighted by Gasteiger charge is 2.28. The molecule has 1 aromatic carbocycles. The Morgan fingerprint density at radius 3 is 2.73 bits per heavy atom. The lowest BCUT2D eigenvalue weighted by atomic mass is 9.83. The van der Waals surface area contributed by atoms with Gasteiger partial charge in [0.1, 0.15) is 5.82 Å². The SMILES string of the molecule is c1ccc2nc(N3CCN[C@@H](C4CCCCC4)C3)cnc2c1. The zero-order valence-electron chi connectivity index (χ0n) is 13.0. The van der Waals surface area contributed by atoms with Gasteiger partial charge in [0.05, 0.1) is 17.2 Å². The molecule has 2 aliphatic rings. The van der Waals surface area contributed by atoms with Gasteiger partial charge in [-0.25, -0.2) is 4.98 Å². The number of hydrogen-bond acceptors (Lipinski definition) is 4.